The summed E-state index contributed by atoms with van der Waals surface area (Å²) >= 11 is 0. The number of nitrogens with zero attached hydrogens (tertiary/aromatic N) is 2. The van der Waals surface area contributed by atoms with Gasteiger partial charge in [-0.1, -0.05) is 18.2 Å². The number of amides is 3. The van der Waals surface area contributed by atoms with Gasteiger partial charge in [0.25, 0.3) is 17.7 Å². The second-order valence-corrected chi connectivity index (χ2v) is 7.71. The molecule has 0 bridgehead atoms. The van der Waals surface area contributed by atoms with Crippen LogP contribution in [-0.4, -0.2) is 53.7 Å². The van der Waals surface area contributed by atoms with E-state index in [1.807, 2.05) is 0 Å². The van der Waals surface area contributed by atoms with Gasteiger partial charge < -0.3 is 10.2 Å². The minimum Gasteiger partial charge on any atom is -0.352 e. The second kappa shape index (κ2) is 10.0. The third-order valence-corrected chi connectivity index (χ3v) is 5.65. The fourth-order valence-corrected chi connectivity index (χ4v) is 3.99. The van der Waals surface area contributed by atoms with Crippen LogP contribution in [0.2, 0.25) is 0 Å². The predicted octanol–water partition coefficient (Wildman–Crippen LogP) is 3.26. The molecule has 31 heavy (non-hydrogen) atoms. The molecule has 0 aromatic heterocycles. The predicted molar refractivity (Wildman–Crippen MR) is 117 cm³/mol. The van der Waals surface area contributed by atoms with Crippen LogP contribution in [0, 0.1) is 5.82 Å². The number of fused-ring (bicyclic) bond motifs is 1. The van der Waals surface area contributed by atoms with E-state index in [1.165, 1.54) is 31.0 Å². The van der Waals surface area contributed by atoms with Crippen LogP contribution >= 0.6 is 12.4 Å². The Labute approximate surface area is 186 Å². The Bertz CT molecular complexity index is 992. The molecule has 2 heterocycles. The standard InChI is InChI=1S/C23H24FN3O3.ClH/c24-20-7-2-1-6-17(20)15-27-22(29)18-9-8-16(14-19(18)23(27)30)21(28)25-10-5-13-26-11-3-4-12-26;/h1-2,6-9,14H,3-5,10-13,15H2,(H,25,28);1H. The second-order valence-electron chi connectivity index (χ2n) is 7.71. The summed E-state index contributed by atoms with van der Waals surface area (Å²) in [5.41, 5.74) is 1.02. The van der Waals surface area contributed by atoms with Gasteiger partial charge in [0.1, 0.15) is 5.82 Å². The number of hydrogen-bond acceptors (Lipinski definition) is 4. The van der Waals surface area contributed by atoms with Gasteiger partial charge >= 0.3 is 0 Å². The van der Waals surface area contributed by atoms with Crippen LogP contribution in [0.5, 0.6) is 0 Å². The summed E-state index contributed by atoms with van der Waals surface area (Å²) in [5.74, 6) is -1.73. The lowest BCUT2D eigenvalue weighted by Gasteiger charge is -2.14. The van der Waals surface area contributed by atoms with Gasteiger partial charge in [-0.25, -0.2) is 4.39 Å². The third-order valence-electron chi connectivity index (χ3n) is 5.65. The quantitative estimate of drug-likeness (QED) is 0.524. The van der Waals surface area contributed by atoms with Gasteiger partial charge in [-0.15, -0.1) is 12.4 Å². The molecular formula is C23H25ClFN3O3. The Morgan fingerprint density at radius 1 is 1.00 bits per heavy atom. The molecule has 6 nitrogen and oxygen atoms in total. The fraction of sp³-hybridized carbons (Fsp3) is 0.348. The summed E-state index contributed by atoms with van der Waals surface area (Å²) in [7, 11) is 0. The molecule has 2 aromatic rings. The highest BCUT2D eigenvalue weighted by Crippen LogP contribution is 2.26. The van der Waals surface area contributed by atoms with Gasteiger partial charge in [0, 0.05) is 17.7 Å². The first kappa shape index (κ1) is 22.9. The van der Waals surface area contributed by atoms with E-state index < -0.39 is 17.6 Å². The number of rotatable bonds is 7. The van der Waals surface area contributed by atoms with Crippen molar-refractivity contribution in [3.05, 3.63) is 70.5 Å². The van der Waals surface area contributed by atoms with E-state index in [4.69, 9.17) is 0 Å². The van der Waals surface area contributed by atoms with Crippen molar-refractivity contribution in [2.45, 2.75) is 25.8 Å². The zero-order valence-corrected chi connectivity index (χ0v) is 17.9. The highest BCUT2D eigenvalue weighted by molar-refractivity contribution is 6.22. The minimum absolute atomic E-state index is 0. The summed E-state index contributed by atoms with van der Waals surface area (Å²) in [5, 5.41) is 2.87. The first-order valence-corrected chi connectivity index (χ1v) is 10.3. The van der Waals surface area contributed by atoms with Gasteiger partial charge in [0.2, 0.25) is 0 Å². The van der Waals surface area contributed by atoms with E-state index >= 15 is 0 Å². The molecule has 8 heteroatoms. The molecular weight excluding hydrogens is 421 g/mol. The Balaban J connectivity index is 0.00000272. The van der Waals surface area contributed by atoms with Crippen LogP contribution in [0.4, 0.5) is 4.39 Å². The summed E-state index contributed by atoms with van der Waals surface area (Å²) in [6, 6.07) is 10.5. The van der Waals surface area contributed by atoms with Gasteiger partial charge in [0.15, 0.2) is 0 Å². The number of benzene rings is 2. The minimum atomic E-state index is -0.512. The van der Waals surface area contributed by atoms with Crippen LogP contribution in [0.3, 0.4) is 0 Å². The Kier molecular flexibility index (Phi) is 7.41. The Morgan fingerprint density at radius 2 is 1.71 bits per heavy atom. The van der Waals surface area contributed by atoms with E-state index in [2.05, 4.69) is 10.2 Å². The highest BCUT2D eigenvalue weighted by Gasteiger charge is 2.36. The summed E-state index contributed by atoms with van der Waals surface area (Å²) in [6.45, 7) is 3.62. The maximum Gasteiger partial charge on any atom is 0.261 e. The molecule has 1 N–H and O–H groups in total. The van der Waals surface area contributed by atoms with Crippen molar-refractivity contribution in [1.29, 1.82) is 0 Å². The van der Waals surface area contributed by atoms with Gasteiger partial charge in [-0.3, -0.25) is 19.3 Å². The van der Waals surface area contributed by atoms with Crippen molar-refractivity contribution in [2.75, 3.05) is 26.2 Å². The summed E-state index contributed by atoms with van der Waals surface area (Å²) in [4.78, 5) is 41.2. The van der Waals surface area contributed by atoms with Crippen LogP contribution in [0.15, 0.2) is 42.5 Å². The normalized spacial score (nSPS) is 15.7. The van der Waals surface area contributed by atoms with Crippen molar-refractivity contribution in [1.82, 2.24) is 15.1 Å². The molecule has 1 saturated heterocycles. The maximum atomic E-state index is 13.9. The average Bonchev–Trinajstić information content (AvgIpc) is 3.35. The lowest BCUT2D eigenvalue weighted by molar-refractivity contribution is 0.0641. The molecule has 164 valence electrons. The number of carbonyl (C=O) groups is 3. The average molecular weight is 446 g/mol. The topological polar surface area (TPSA) is 69.7 Å². The van der Waals surface area contributed by atoms with Gasteiger partial charge in [-0.05, 0) is 63.2 Å². The van der Waals surface area contributed by atoms with E-state index in [0.29, 0.717) is 12.1 Å². The lowest BCUT2D eigenvalue weighted by Crippen LogP contribution is -2.29. The lowest BCUT2D eigenvalue weighted by atomic mass is 10.1. The van der Waals surface area contributed by atoms with Crippen LogP contribution in [0.25, 0.3) is 0 Å². The summed E-state index contributed by atoms with van der Waals surface area (Å²) < 4.78 is 13.9. The molecule has 0 saturated carbocycles. The molecule has 0 radical (unpaired) electrons. The molecule has 1 fully saturated rings. The van der Waals surface area contributed by atoms with Crippen molar-refractivity contribution >= 4 is 30.1 Å². The van der Waals surface area contributed by atoms with Crippen LogP contribution in [-0.2, 0) is 6.54 Å². The Hall–Kier alpha value is -2.77. The molecule has 0 unspecified atom stereocenters. The molecule has 3 amide bonds. The zero-order chi connectivity index (χ0) is 21.1. The van der Waals surface area contributed by atoms with E-state index in [1.54, 1.807) is 24.3 Å². The van der Waals surface area contributed by atoms with E-state index in [0.717, 1.165) is 31.0 Å². The molecule has 0 aliphatic carbocycles. The number of nitrogens with one attached hydrogen (secondary N) is 1. The van der Waals surface area contributed by atoms with Gasteiger partial charge in [-0.2, -0.15) is 0 Å². The van der Waals surface area contributed by atoms with Crippen molar-refractivity contribution < 1.29 is 18.8 Å². The SMILES string of the molecule is Cl.O=C(NCCCN1CCCC1)c1ccc2c(c1)C(=O)N(Cc1ccccc1F)C2=O. The van der Waals surface area contributed by atoms with E-state index in [9.17, 15) is 18.8 Å². The molecule has 0 atom stereocenters. The van der Waals surface area contributed by atoms with Crippen molar-refractivity contribution in [2.24, 2.45) is 0 Å². The molecule has 0 spiro atoms. The summed E-state index contributed by atoms with van der Waals surface area (Å²) in [6.07, 6.45) is 3.34. The molecule has 4 rings (SSSR count). The monoisotopic (exact) mass is 445 g/mol. The molecule has 2 aliphatic heterocycles. The van der Waals surface area contributed by atoms with E-state index in [-0.39, 0.29) is 41.5 Å². The number of imide groups is 1. The maximum absolute atomic E-state index is 13.9. The Morgan fingerprint density at radius 3 is 2.45 bits per heavy atom. The van der Waals surface area contributed by atoms with Crippen molar-refractivity contribution in [3.8, 4) is 0 Å². The smallest absolute Gasteiger partial charge is 0.261 e. The number of halogens is 2. The number of hydrogen-bond donors (Lipinski definition) is 1. The third kappa shape index (κ3) is 4.94. The highest BCUT2D eigenvalue weighted by atomic mass is 35.5. The number of likely N-dealkylation sites (tertiary alicyclic amines) is 1. The zero-order valence-electron chi connectivity index (χ0n) is 17.1. The first-order valence-electron chi connectivity index (χ1n) is 10.3. The van der Waals surface area contributed by atoms with Crippen LogP contribution < -0.4 is 5.32 Å². The van der Waals surface area contributed by atoms with Gasteiger partial charge in [0.05, 0.1) is 17.7 Å². The molecule has 2 aromatic carbocycles. The van der Waals surface area contributed by atoms with Crippen LogP contribution in [0.1, 0.15) is 55.9 Å². The number of carbonyl (C=O) groups excluding carboxylic acids is 3. The molecule has 2 aliphatic rings. The largest absolute Gasteiger partial charge is 0.352 e. The fourth-order valence-electron chi connectivity index (χ4n) is 3.99. The van der Waals surface area contributed by atoms with Crippen molar-refractivity contribution in [3.63, 3.8) is 0 Å². The first-order chi connectivity index (χ1) is 14.5.